The lowest BCUT2D eigenvalue weighted by molar-refractivity contribution is -0.113. The zero-order chi connectivity index (χ0) is 27.0. The first kappa shape index (κ1) is 25.0. The van der Waals surface area contributed by atoms with E-state index in [0.29, 0.717) is 16.8 Å². The number of hydrogen-bond donors (Lipinski definition) is 3. The number of benzene rings is 2. The highest BCUT2D eigenvalue weighted by Crippen LogP contribution is 2.36. The third-order valence-corrected chi connectivity index (χ3v) is 6.14. The van der Waals surface area contributed by atoms with Gasteiger partial charge in [-0.1, -0.05) is 23.7 Å². The summed E-state index contributed by atoms with van der Waals surface area (Å²) in [7, 11) is 0. The van der Waals surface area contributed by atoms with E-state index in [-0.39, 0.29) is 45.3 Å². The van der Waals surface area contributed by atoms with Crippen molar-refractivity contribution in [3.63, 3.8) is 0 Å². The molecule has 1 unspecified atom stereocenters. The molecule has 0 aliphatic carbocycles. The molecule has 2 aromatic heterocycles. The number of fused-ring (bicyclic) bond motifs is 1. The average Bonchev–Trinajstić information content (AvgIpc) is 3.26. The number of aromatic nitrogens is 2. The fourth-order valence-corrected chi connectivity index (χ4v) is 4.17. The Morgan fingerprint density at radius 2 is 1.95 bits per heavy atom. The number of rotatable bonds is 5. The maximum absolute atomic E-state index is 14.4. The standard InChI is InChI=1S/C26H19ClF2N6O3/c1-12-21(24(37)33-20-10-14(13(2)36)8-9-30-20)23(16-4-3-5-17(29)22(16)27)34-25(31-12)35-26-32-18-7-6-15(28)11-19(18)38-26/h3-11,23H,1-2H3,(H,30,33,37)(H2,31,32,34,35). The largest absolute Gasteiger partial charge is 0.423 e. The van der Waals surface area contributed by atoms with Crippen molar-refractivity contribution in [2.24, 2.45) is 4.99 Å². The van der Waals surface area contributed by atoms with Gasteiger partial charge in [-0.3, -0.25) is 14.9 Å². The molecule has 1 aliphatic heterocycles. The Hall–Kier alpha value is -4.64. The van der Waals surface area contributed by atoms with Gasteiger partial charge in [0.15, 0.2) is 11.4 Å². The summed E-state index contributed by atoms with van der Waals surface area (Å²) in [6.45, 7) is 3.03. The van der Waals surface area contributed by atoms with Crippen LogP contribution in [0, 0.1) is 11.6 Å². The van der Waals surface area contributed by atoms with E-state index in [9.17, 15) is 18.4 Å². The normalized spacial score (nSPS) is 15.2. The summed E-state index contributed by atoms with van der Waals surface area (Å²) in [5.74, 6) is -1.65. The van der Waals surface area contributed by atoms with Gasteiger partial charge in [0.2, 0.25) is 5.96 Å². The third kappa shape index (κ3) is 4.96. The van der Waals surface area contributed by atoms with Gasteiger partial charge in [-0.05, 0) is 44.2 Å². The molecule has 2 aromatic carbocycles. The summed E-state index contributed by atoms with van der Waals surface area (Å²) in [6, 6.07) is 10.1. The molecule has 0 radical (unpaired) electrons. The lowest BCUT2D eigenvalue weighted by atomic mass is 9.95. The number of halogens is 3. The van der Waals surface area contributed by atoms with Crippen molar-refractivity contribution in [2.45, 2.75) is 19.9 Å². The lowest BCUT2D eigenvalue weighted by Crippen LogP contribution is -2.37. The van der Waals surface area contributed by atoms with E-state index in [4.69, 9.17) is 16.0 Å². The van der Waals surface area contributed by atoms with Crippen molar-refractivity contribution in [1.82, 2.24) is 15.3 Å². The smallest absolute Gasteiger partial charge is 0.302 e. The number of ketones is 1. The summed E-state index contributed by atoms with van der Waals surface area (Å²) < 4.78 is 33.5. The second-order valence-electron chi connectivity index (χ2n) is 8.38. The molecule has 3 heterocycles. The molecule has 0 saturated heterocycles. The summed E-state index contributed by atoms with van der Waals surface area (Å²) >= 11 is 6.28. The SMILES string of the molecule is CC(=O)c1ccnc(NC(=O)C2=C(C)NC(Nc3nc4ccc(F)cc4o3)=NC2c2cccc(F)c2Cl)c1. The molecule has 0 saturated carbocycles. The van der Waals surface area contributed by atoms with Gasteiger partial charge < -0.3 is 15.1 Å². The zero-order valence-corrected chi connectivity index (χ0v) is 20.7. The van der Waals surface area contributed by atoms with Crippen LogP contribution in [-0.4, -0.2) is 27.6 Å². The molecular formula is C26H19ClF2N6O3. The molecular weight excluding hydrogens is 518 g/mol. The number of carbonyl (C=O) groups excluding carboxylic acids is 2. The fraction of sp³-hybridized carbons (Fsp3) is 0.115. The molecule has 3 N–H and O–H groups in total. The van der Waals surface area contributed by atoms with Crippen LogP contribution in [0.2, 0.25) is 5.02 Å². The predicted molar refractivity (Wildman–Crippen MR) is 138 cm³/mol. The highest BCUT2D eigenvalue weighted by atomic mass is 35.5. The van der Waals surface area contributed by atoms with Crippen molar-refractivity contribution in [3.05, 3.63) is 93.8 Å². The van der Waals surface area contributed by atoms with E-state index in [1.807, 2.05) is 0 Å². The lowest BCUT2D eigenvalue weighted by Gasteiger charge is -2.27. The molecule has 1 amide bonds. The van der Waals surface area contributed by atoms with Crippen molar-refractivity contribution in [3.8, 4) is 0 Å². The van der Waals surface area contributed by atoms with Crippen LogP contribution in [0.25, 0.3) is 11.1 Å². The summed E-state index contributed by atoms with van der Waals surface area (Å²) in [6.07, 6.45) is 1.40. The van der Waals surface area contributed by atoms with Gasteiger partial charge in [0.25, 0.3) is 5.91 Å². The molecule has 1 aliphatic rings. The van der Waals surface area contributed by atoms with Crippen molar-refractivity contribution in [1.29, 1.82) is 0 Å². The third-order valence-electron chi connectivity index (χ3n) is 5.75. The summed E-state index contributed by atoms with van der Waals surface area (Å²) in [4.78, 5) is 38.1. The Morgan fingerprint density at radius 3 is 2.74 bits per heavy atom. The van der Waals surface area contributed by atoms with Gasteiger partial charge in [0.1, 0.15) is 29.0 Å². The van der Waals surface area contributed by atoms with Crippen molar-refractivity contribution < 1.29 is 22.8 Å². The molecule has 192 valence electrons. The van der Waals surface area contributed by atoms with Gasteiger partial charge in [-0.15, -0.1) is 0 Å². The van der Waals surface area contributed by atoms with Crippen LogP contribution >= 0.6 is 11.6 Å². The first-order valence-corrected chi connectivity index (χ1v) is 11.7. The van der Waals surface area contributed by atoms with Crippen LogP contribution in [0.3, 0.4) is 0 Å². The number of nitrogens with zero attached hydrogens (tertiary/aromatic N) is 3. The molecule has 9 nitrogen and oxygen atoms in total. The highest BCUT2D eigenvalue weighted by Gasteiger charge is 2.32. The monoisotopic (exact) mass is 536 g/mol. The Morgan fingerprint density at radius 1 is 1.13 bits per heavy atom. The first-order valence-electron chi connectivity index (χ1n) is 11.3. The summed E-state index contributed by atoms with van der Waals surface area (Å²) in [5, 5.41) is 8.31. The van der Waals surface area contributed by atoms with E-state index < -0.39 is 23.6 Å². The van der Waals surface area contributed by atoms with Gasteiger partial charge in [0, 0.05) is 29.1 Å². The van der Waals surface area contributed by atoms with Gasteiger partial charge in [0.05, 0.1) is 10.6 Å². The van der Waals surface area contributed by atoms with Crippen LogP contribution in [0.5, 0.6) is 0 Å². The topological polar surface area (TPSA) is 122 Å². The number of anilines is 2. The number of nitrogens with one attached hydrogen (secondary N) is 3. The van der Waals surface area contributed by atoms with Gasteiger partial charge in [-0.2, -0.15) is 4.98 Å². The molecule has 4 aromatic rings. The molecule has 12 heteroatoms. The minimum absolute atomic E-state index is 0.0203. The molecule has 0 fully saturated rings. The van der Waals surface area contributed by atoms with Crippen LogP contribution in [0.1, 0.15) is 35.8 Å². The quantitative estimate of drug-likeness (QED) is 0.293. The molecule has 38 heavy (non-hydrogen) atoms. The summed E-state index contributed by atoms with van der Waals surface area (Å²) in [5.41, 5.74) is 1.76. The zero-order valence-electron chi connectivity index (χ0n) is 20.0. The maximum Gasteiger partial charge on any atom is 0.302 e. The van der Waals surface area contributed by atoms with Crippen LogP contribution in [0.15, 0.2) is 75.4 Å². The second-order valence-corrected chi connectivity index (χ2v) is 8.76. The Balaban J connectivity index is 1.50. The number of hydrogen-bond acceptors (Lipinski definition) is 8. The molecule has 0 spiro atoms. The number of aliphatic imine (C=N–C) groups is 1. The number of allylic oxidation sites excluding steroid dienone is 1. The van der Waals surface area contributed by atoms with E-state index in [0.717, 1.165) is 0 Å². The van der Waals surface area contributed by atoms with E-state index in [1.165, 1.54) is 55.6 Å². The fourth-order valence-electron chi connectivity index (χ4n) is 3.95. The number of amides is 1. The number of Topliss-reactive ketones (excluding diaryl/α,β-unsaturated/α-hetero) is 1. The van der Waals surface area contributed by atoms with Gasteiger partial charge >= 0.3 is 6.01 Å². The number of carbonyl (C=O) groups is 2. The van der Waals surface area contributed by atoms with Crippen LogP contribution < -0.4 is 16.0 Å². The maximum atomic E-state index is 14.4. The average molecular weight is 537 g/mol. The van der Waals surface area contributed by atoms with Crippen LogP contribution in [0.4, 0.5) is 20.6 Å². The van der Waals surface area contributed by atoms with E-state index in [1.54, 1.807) is 13.0 Å². The molecule has 5 rings (SSSR count). The Labute approximate surface area is 219 Å². The molecule has 1 atom stereocenters. The Bertz CT molecular complexity index is 1670. The minimum atomic E-state index is -1.04. The van der Waals surface area contributed by atoms with Gasteiger partial charge in [-0.25, -0.2) is 18.8 Å². The van der Waals surface area contributed by atoms with Crippen molar-refractivity contribution in [2.75, 3.05) is 10.6 Å². The van der Waals surface area contributed by atoms with Crippen LogP contribution in [-0.2, 0) is 4.79 Å². The highest BCUT2D eigenvalue weighted by molar-refractivity contribution is 6.31. The first-order chi connectivity index (χ1) is 18.2. The van der Waals surface area contributed by atoms with E-state index in [2.05, 4.69) is 30.9 Å². The minimum Gasteiger partial charge on any atom is -0.423 e. The van der Waals surface area contributed by atoms with E-state index >= 15 is 0 Å². The van der Waals surface area contributed by atoms with Crippen molar-refractivity contribution >= 4 is 52.2 Å². The second kappa shape index (κ2) is 10.0. The Kier molecular flexibility index (Phi) is 6.60. The predicted octanol–water partition coefficient (Wildman–Crippen LogP) is 5.38. The number of oxazole rings is 1. The number of pyridine rings is 1. The molecule has 0 bridgehead atoms. The number of guanidine groups is 1.